The first-order valence-corrected chi connectivity index (χ1v) is 8.87. The number of aromatic nitrogens is 2. The first-order valence-electron chi connectivity index (χ1n) is 8.87. The third-order valence-electron chi connectivity index (χ3n) is 5.15. The molecule has 2 heterocycles. The Bertz CT molecular complexity index is 788. The van der Waals surface area contributed by atoms with Crippen molar-refractivity contribution >= 4 is 5.91 Å². The highest BCUT2D eigenvalue weighted by atomic mass is 19.1. The molecule has 1 aromatic heterocycles. The third-order valence-corrected chi connectivity index (χ3v) is 5.15. The fraction of sp³-hybridized carbons (Fsp3) is 0.474. The number of amides is 1. The SMILES string of the molecule is Cn1cc(O[C@@H]2COC[C@@H]2NC(=O)C2CC(c3cccc(F)c3)C2)cn1. The summed E-state index contributed by atoms with van der Waals surface area (Å²) in [6.07, 6.45) is 4.70. The van der Waals surface area contributed by atoms with Gasteiger partial charge in [0, 0.05) is 13.0 Å². The van der Waals surface area contributed by atoms with Crippen LogP contribution in [-0.4, -0.2) is 41.0 Å². The minimum atomic E-state index is -0.228. The Morgan fingerprint density at radius 3 is 2.96 bits per heavy atom. The van der Waals surface area contributed by atoms with Crippen molar-refractivity contribution in [1.82, 2.24) is 15.1 Å². The van der Waals surface area contributed by atoms with Crippen LogP contribution in [0.1, 0.15) is 24.3 Å². The molecule has 6 nitrogen and oxygen atoms in total. The molecule has 0 radical (unpaired) electrons. The van der Waals surface area contributed by atoms with Crippen LogP contribution in [0.3, 0.4) is 0 Å². The molecule has 0 bridgehead atoms. The molecule has 26 heavy (non-hydrogen) atoms. The van der Waals surface area contributed by atoms with Gasteiger partial charge in [-0.25, -0.2) is 4.39 Å². The predicted octanol–water partition coefficient (Wildman–Crippen LogP) is 2.02. The fourth-order valence-corrected chi connectivity index (χ4v) is 3.59. The summed E-state index contributed by atoms with van der Waals surface area (Å²) in [7, 11) is 1.82. The van der Waals surface area contributed by atoms with Gasteiger partial charge in [-0.2, -0.15) is 5.10 Å². The first-order chi connectivity index (χ1) is 12.6. The van der Waals surface area contributed by atoms with Gasteiger partial charge in [0.05, 0.1) is 31.6 Å². The number of ether oxygens (including phenoxy) is 2. The summed E-state index contributed by atoms with van der Waals surface area (Å²) in [6.45, 7) is 0.882. The van der Waals surface area contributed by atoms with Crippen molar-refractivity contribution in [2.75, 3.05) is 13.2 Å². The number of nitrogens with zero attached hydrogens (tertiary/aromatic N) is 2. The van der Waals surface area contributed by atoms with Gasteiger partial charge in [-0.05, 0) is 36.5 Å². The van der Waals surface area contributed by atoms with Crippen LogP contribution in [0.25, 0.3) is 0 Å². The molecule has 1 aromatic carbocycles. The number of halogens is 1. The lowest BCUT2D eigenvalue weighted by molar-refractivity contribution is -0.129. The van der Waals surface area contributed by atoms with Gasteiger partial charge in [-0.15, -0.1) is 0 Å². The summed E-state index contributed by atoms with van der Waals surface area (Å²) < 4.78 is 26.3. The molecule has 0 unspecified atom stereocenters. The van der Waals surface area contributed by atoms with E-state index in [1.165, 1.54) is 6.07 Å². The Kier molecular flexibility index (Phi) is 4.63. The zero-order valence-electron chi connectivity index (χ0n) is 14.6. The average Bonchev–Trinajstić information content (AvgIpc) is 3.16. The van der Waals surface area contributed by atoms with E-state index >= 15 is 0 Å². The highest BCUT2D eigenvalue weighted by Gasteiger charge is 2.39. The van der Waals surface area contributed by atoms with Gasteiger partial charge in [-0.3, -0.25) is 9.48 Å². The first kappa shape index (κ1) is 17.0. The highest BCUT2D eigenvalue weighted by molar-refractivity contribution is 5.80. The molecule has 7 heteroatoms. The number of carbonyl (C=O) groups excluding carboxylic acids is 1. The predicted molar refractivity (Wildman–Crippen MR) is 92.2 cm³/mol. The molecular formula is C19H22FN3O3. The van der Waals surface area contributed by atoms with Crippen LogP contribution in [0.2, 0.25) is 0 Å². The van der Waals surface area contributed by atoms with Gasteiger partial charge < -0.3 is 14.8 Å². The maximum absolute atomic E-state index is 13.3. The standard InChI is InChI=1S/C19H22FN3O3/c1-23-9-16(8-21-23)26-18-11-25-10-17(18)22-19(24)14-5-13(6-14)12-3-2-4-15(20)7-12/h2-4,7-9,13-14,17-18H,5-6,10-11H2,1H3,(H,22,24)/t13?,14?,17-,18+/m0/s1. The fourth-order valence-electron chi connectivity index (χ4n) is 3.59. The molecule has 1 aliphatic heterocycles. The lowest BCUT2D eigenvalue weighted by Crippen LogP contribution is -2.49. The van der Waals surface area contributed by atoms with Gasteiger partial charge in [0.15, 0.2) is 5.75 Å². The molecule has 2 fully saturated rings. The summed E-state index contributed by atoms with van der Waals surface area (Å²) in [5, 5.41) is 7.13. The van der Waals surface area contributed by atoms with Crippen LogP contribution in [0.15, 0.2) is 36.7 Å². The molecule has 1 saturated carbocycles. The lowest BCUT2D eigenvalue weighted by atomic mass is 9.71. The summed E-state index contributed by atoms with van der Waals surface area (Å²) in [6, 6.07) is 6.46. The quantitative estimate of drug-likeness (QED) is 0.887. The van der Waals surface area contributed by atoms with Crippen LogP contribution in [0.4, 0.5) is 4.39 Å². The van der Waals surface area contributed by atoms with Crippen molar-refractivity contribution in [3.05, 3.63) is 48.0 Å². The van der Waals surface area contributed by atoms with E-state index in [0.717, 1.165) is 18.4 Å². The van der Waals surface area contributed by atoms with Gasteiger partial charge in [0.25, 0.3) is 0 Å². The maximum atomic E-state index is 13.3. The second-order valence-electron chi connectivity index (χ2n) is 7.08. The smallest absolute Gasteiger partial charge is 0.223 e. The van der Waals surface area contributed by atoms with E-state index in [-0.39, 0.29) is 35.7 Å². The molecule has 1 amide bonds. The summed E-state index contributed by atoms with van der Waals surface area (Å²) in [4.78, 5) is 12.5. The molecular weight excluding hydrogens is 337 g/mol. The minimum Gasteiger partial charge on any atom is -0.482 e. The topological polar surface area (TPSA) is 65.4 Å². The Morgan fingerprint density at radius 2 is 2.23 bits per heavy atom. The lowest BCUT2D eigenvalue weighted by Gasteiger charge is -2.35. The van der Waals surface area contributed by atoms with Crippen LogP contribution in [-0.2, 0) is 16.6 Å². The zero-order chi connectivity index (χ0) is 18.1. The summed E-state index contributed by atoms with van der Waals surface area (Å²) >= 11 is 0. The number of aryl methyl sites for hydroxylation is 1. The van der Waals surface area contributed by atoms with E-state index in [0.29, 0.717) is 19.0 Å². The number of nitrogens with one attached hydrogen (secondary N) is 1. The minimum absolute atomic E-state index is 0.0212. The van der Waals surface area contributed by atoms with E-state index in [9.17, 15) is 9.18 Å². The monoisotopic (exact) mass is 359 g/mol. The molecule has 1 N–H and O–H groups in total. The van der Waals surface area contributed by atoms with Crippen LogP contribution in [0, 0.1) is 11.7 Å². The van der Waals surface area contributed by atoms with Crippen molar-refractivity contribution < 1.29 is 18.7 Å². The molecule has 1 saturated heterocycles. The second kappa shape index (κ2) is 7.07. The number of carbonyl (C=O) groups is 1. The van der Waals surface area contributed by atoms with E-state index < -0.39 is 0 Å². The number of benzene rings is 1. The van der Waals surface area contributed by atoms with Crippen LogP contribution < -0.4 is 10.1 Å². The largest absolute Gasteiger partial charge is 0.482 e. The van der Waals surface area contributed by atoms with Crippen molar-refractivity contribution in [2.24, 2.45) is 13.0 Å². The number of rotatable bonds is 5. The Balaban J connectivity index is 1.29. The maximum Gasteiger partial charge on any atom is 0.223 e. The zero-order valence-corrected chi connectivity index (χ0v) is 14.6. The molecule has 138 valence electrons. The van der Waals surface area contributed by atoms with E-state index in [4.69, 9.17) is 9.47 Å². The molecule has 2 atom stereocenters. The van der Waals surface area contributed by atoms with Gasteiger partial charge >= 0.3 is 0 Å². The normalized spacial score (nSPS) is 27.8. The van der Waals surface area contributed by atoms with E-state index in [1.54, 1.807) is 29.2 Å². The molecule has 1 aliphatic carbocycles. The Hall–Kier alpha value is -2.41. The second-order valence-corrected chi connectivity index (χ2v) is 7.08. The Morgan fingerprint density at radius 1 is 1.38 bits per heavy atom. The van der Waals surface area contributed by atoms with Gasteiger partial charge in [-0.1, -0.05) is 12.1 Å². The molecule has 4 rings (SSSR count). The summed E-state index contributed by atoms with van der Waals surface area (Å²) in [5.41, 5.74) is 0.969. The van der Waals surface area contributed by atoms with Gasteiger partial charge in [0.1, 0.15) is 11.9 Å². The summed E-state index contributed by atoms with van der Waals surface area (Å²) in [5.74, 6) is 0.672. The number of hydrogen-bond acceptors (Lipinski definition) is 4. The van der Waals surface area contributed by atoms with Crippen molar-refractivity contribution in [2.45, 2.75) is 30.9 Å². The highest BCUT2D eigenvalue weighted by Crippen LogP contribution is 2.41. The van der Waals surface area contributed by atoms with Crippen molar-refractivity contribution in [1.29, 1.82) is 0 Å². The van der Waals surface area contributed by atoms with Crippen LogP contribution >= 0.6 is 0 Å². The van der Waals surface area contributed by atoms with Crippen LogP contribution in [0.5, 0.6) is 5.75 Å². The molecule has 2 aliphatic rings. The molecule has 0 spiro atoms. The van der Waals surface area contributed by atoms with E-state index in [2.05, 4.69) is 10.4 Å². The average molecular weight is 359 g/mol. The molecule has 2 aromatic rings. The number of hydrogen-bond donors (Lipinski definition) is 1. The van der Waals surface area contributed by atoms with Gasteiger partial charge in [0.2, 0.25) is 5.91 Å². The van der Waals surface area contributed by atoms with E-state index in [1.807, 2.05) is 13.1 Å². The van der Waals surface area contributed by atoms with Crippen molar-refractivity contribution in [3.63, 3.8) is 0 Å². The van der Waals surface area contributed by atoms with Crippen molar-refractivity contribution in [3.8, 4) is 5.75 Å². The third kappa shape index (κ3) is 3.58. The Labute approximate surface area is 151 Å².